The lowest BCUT2D eigenvalue weighted by Crippen LogP contribution is -2.20. The molecule has 11 heteroatoms. The molecule has 4 aromatic carbocycles. The SMILES string of the molecule is O=C(COc1c(Cl)cc(C=Nn2c(-c3cc4ccccc4o3)nc3ccccc3c2=O)cc1Br)Nc1cccc(F)c1. The molecule has 8 nitrogen and oxygen atoms in total. The van der Waals surface area contributed by atoms with Crippen LogP contribution < -0.4 is 15.6 Å². The number of hydrogen-bond acceptors (Lipinski definition) is 6. The summed E-state index contributed by atoms with van der Waals surface area (Å²) in [4.78, 5) is 30.5. The highest BCUT2D eigenvalue weighted by Crippen LogP contribution is 2.34. The Morgan fingerprint density at radius 2 is 1.88 bits per heavy atom. The number of amides is 1. The van der Waals surface area contributed by atoms with Gasteiger partial charge in [0, 0.05) is 11.1 Å². The van der Waals surface area contributed by atoms with Crippen molar-refractivity contribution in [3.63, 3.8) is 0 Å². The summed E-state index contributed by atoms with van der Waals surface area (Å²) in [6, 6.07) is 25.1. The molecule has 1 N–H and O–H groups in total. The predicted molar refractivity (Wildman–Crippen MR) is 164 cm³/mol. The number of ether oxygens (including phenoxy) is 1. The fourth-order valence-corrected chi connectivity index (χ4v) is 5.29. The Bertz CT molecular complexity index is 2020. The molecule has 0 unspecified atom stereocenters. The molecule has 0 aliphatic rings. The Labute approximate surface area is 251 Å². The molecule has 42 heavy (non-hydrogen) atoms. The van der Waals surface area contributed by atoms with Crippen molar-refractivity contribution in [2.24, 2.45) is 5.10 Å². The molecule has 0 bridgehead atoms. The molecular formula is C31H19BrClFN4O4. The number of furan rings is 1. The van der Waals surface area contributed by atoms with Gasteiger partial charge in [0.1, 0.15) is 11.4 Å². The van der Waals surface area contributed by atoms with Crippen molar-refractivity contribution in [1.82, 2.24) is 9.66 Å². The van der Waals surface area contributed by atoms with E-state index >= 15 is 0 Å². The minimum absolute atomic E-state index is 0.200. The molecule has 208 valence electrons. The van der Waals surface area contributed by atoms with Crippen molar-refractivity contribution in [3.05, 3.63) is 122 Å². The fourth-order valence-electron chi connectivity index (χ4n) is 4.30. The maximum atomic E-state index is 13.5. The molecule has 0 saturated heterocycles. The van der Waals surface area contributed by atoms with E-state index in [9.17, 15) is 14.0 Å². The number of halogens is 3. The van der Waals surface area contributed by atoms with Gasteiger partial charge in [-0.05, 0) is 76.1 Å². The van der Waals surface area contributed by atoms with Crippen LogP contribution in [0.25, 0.3) is 33.5 Å². The fraction of sp³-hybridized carbons (Fsp3) is 0.0323. The van der Waals surface area contributed by atoms with E-state index in [0.717, 1.165) is 5.39 Å². The molecule has 0 aliphatic heterocycles. The van der Waals surface area contributed by atoms with Crippen LogP contribution in [0.5, 0.6) is 5.75 Å². The highest BCUT2D eigenvalue weighted by atomic mass is 79.9. The quantitative estimate of drug-likeness (QED) is 0.184. The highest BCUT2D eigenvalue weighted by molar-refractivity contribution is 9.10. The van der Waals surface area contributed by atoms with Crippen LogP contribution in [0.15, 0.2) is 110 Å². The van der Waals surface area contributed by atoms with Crippen LogP contribution in [-0.4, -0.2) is 28.4 Å². The molecule has 6 aromatic rings. The van der Waals surface area contributed by atoms with Crippen molar-refractivity contribution in [1.29, 1.82) is 0 Å². The minimum atomic E-state index is -0.490. The Kier molecular flexibility index (Phi) is 7.56. The molecular weight excluding hydrogens is 627 g/mol. The topological polar surface area (TPSA) is 98.7 Å². The number of nitrogens with one attached hydrogen (secondary N) is 1. The first-order valence-corrected chi connectivity index (χ1v) is 13.8. The highest BCUT2D eigenvalue weighted by Gasteiger charge is 2.17. The number of fused-ring (bicyclic) bond motifs is 2. The maximum Gasteiger partial charge on any atom is 0.282 e. The largest absolute Gasteiger partial charge is 0.481 e. The number of benzene rings is 4. The number of carbonyl (C=O) groups excluding carboxylic acids is 1. The van der Waals surface area contributed by atoms with Gasteiger partial charge in [-0.3, -0.25) is 9.59 Å². The predicted octanol–water partition coefficient (Wildman–Crippen LogP) is 7.26. The summed E-state index contributed by atoms with van der Waals surface area (Å²) in [5.41, 5.74) is 1.64. The van der Waals surface area contributed by atoms with Gasteiger partial charge in [-0.1, -0.05) is 48.0 Å². The van der Waals surface area contributed by atoms with Crippen molar-refractivity contribution >= 4 is 67.2 Å². The lowest BCUT2D eigenvalue weighted by atomic mass is 10.2. The first-order chi connectivity index (χ1) is 20.4. The molecule has 0 fully saturated rings. The molecule has 2 aromatic heterocycles. The number of carbonyl (C=O) groups is 1. The summed E-state index contributed by atoms with van der Waals surface area (Å²) in [5.74, 6) is -0.106. The molecule has 1 amide bonds. The number of rotatable bonds is 7. The smallest absolute Gasteiger partial charge is 0.282 e. The summed E-state index contributed by atoms with van der Waals surface area (Å²) in [5, 5.41) is 8.47. The van der Waals surface area contributed by atoms with Gasteiger partial charge in [-0.15, -0.1) is 0 Å². The van der Waals surface area contributed by atoms with E-state index in [1.165, 1.54) is 29.1 Å². The van der Waals surface area contributed by atoms with E-state index in [1.54, 1.807) is 42.5 Å². The zero-order valence-electron chi connectivity index (χ0n) is 21.6. The minimum Gasteiger partial charge on any atom is -0.481 e. The van der Waals surface area contributed by atoms with Crippen molar-refractivity contribution < 1.29 is 18.3 Å². The second-order valence-corrected chi connectivity index (χ2v) is 10.4. The zero-order valence-corrected chi connectivity index (χ0v) is 23.9. The molecule has 0 spiro atoms. The van der Waals surface area contributed by atoms with Crippen LogP contribution in [0.4, 0.5) is 10.1 Å². The Morgan fingerprint density at radius 1 is 1.07 bits per heavy atom. The molecule has 0 aliphatic carbocycles. The molecule has 6 rings (SSSR count). The van der Waals surface area contributed by atoms with Gasteiger partial charge < -0.3 is 14.5 Å². The van der Waals surface area contributed by atoms with Crippen molar-refractivity contribution in [2.45, 2.75) is 0 Å². The zero-order chi connectivity index (χ0) is 29.2. The summed E-state index contributed by atoms with van der Waals surface area (Å²) < 4.78 is 26.6. The van der Waals surface area contributed by atoms with E-state index in [1.807, 2.05) is 30.3 Å². The van der Waals surface area contributed by atoms with Gasteiger partial charge in [0.2, 0.25) is 5.82 Å². The molecule has 0 saturated carbocycles. The van der Waals surface area contributed by atoms with Gasteiger partial charge in [0.25, 0.3) is 11.5 Å². The third-order valence-corrected chi connectivity index (χ3v) is 7.07. The third kappa shape index (κ3) is 5.67. The lowest BCUT2D eigenvalue weighted by molar-refractivity contribution is -0.118. The van der Waals surface area contributed by atoms with E-state index in [2.05, 4.69) is 31.3 Å². The average Bonchev–Trinajstić information content (AvgIpc) is 3.40. The van der Waals surface area contributed by atoms with Crippen molar-refractivity contribution in [3.8, 4) is 17.3 Å². The van der Waals surface area contributed by atoms with Gasteiger partial charge >= 0.3 is 0 Å². The van der Waals surface area contributed by atoms with Crippen LogP contribution >= 0.6 is 27.5 Å². The van der Waals surface area contributed by atoms with Gasteiger partial charge in [0.15, 0.2) is 18.1 Å². The van der Waals surface area contributed by atoms with Crippen molar-refractivity contribution in [2.75, 3.05) is 11.9 Å². The number of para-hydroxylation sites is 2. The maximum absolute atomic E-state index is 13.5. The summed E-state index contributed by atoms with van der Waals surface area (Å²) in [6.45, 7) is -0.360. The van der Waals surface area contributed by atoms with Gasteiger partial charge in [-0.2, -0.15) is 9.78 Å². The first kappa shape index (κ1) is 27.4. The number of anilines is 1. The average molecular weight is 646 g/mol. The third-order valence-electron chi connectivity index (χ3n) is 6.20. The standard InChI is InChI=1S/C31H19BrClFN4O4/c32-23-12-18(13-24(33)29(23)41-17-28(39)36-21-8-5-7-20(34)15-21)16-35-38-30(27-14-19-6-1-4-11-26(19)42-27)37-25-10-3-2-9-22(25)31(38)40/h1-16H,17H2,(H,36,39). The summed E-state index contributed by atoms with van der Waals surface area (Å²) in [6.07, 6.45) is 1.46. The summed E-state index contributed by atoms with van der Waals surface area (Å²) in [7, 11) is 0. The number of nitrogens with zero attached hydrogens (tertiary/aromatic N) is 3. The second-order valence-electron chi connectivity index (χ2n) is 9.12. The first-order valence-electron chi connectivity index (χ1n) is 12.6. The van der Waals surface area contributed by atoms with Crippen LogP contribution in [0.1, 0.15) is 5.56 Å². The molecule has 0 radical (unpaired) electrons. The number of aromatic nitrogens is 2. The van der Waals surface area contributed by atoms with Gasteiger partial charge in [-0.25, -0.2) is 9.37 Å². The Hall–Kier alpha value is -4.80. The molecule has 2 heterocycles. The van der Waals surface area contributed by atoms with Gasteiger partial charge in [0.05, 0.1) is 26.6 Å². The Morgan fingerprint density at radius 3 is 2.69 bits per heavy atom. The van der Waals surface area contributed by atoms with E-state index in [-0.39, 0.29) is 28.8 Å². The van der Waals surface area contributed by atoms with Crippen LogP contribution in [0.3, 0.4) is 0 Å². The van der Waals surface area contributed by atoms with E-state index in [4.69, 9.17) is 20.8 Å². The van der Waals surface area contributed by atoms with Crippen LogP contribution in [-0.2, 0) is 4.79 Å². The molecule has 0 atom stereocenters. The summed E-state index contributed by atoms with van der Waals surface area (Å²) >= 11 is 9.89. The monoisotopic (exact) mass is 644 g/mol. The number of hydrogen-bond donors (Lipinski definition) is 1. The van der Waals surface area contributed by atoms with E-state index in [0.29, 0.717) is 38.0 Å². The second kappa shape index (κ2) is 11.6. The Balaban J connectivity index is 1.29. The van der Waals surface area contributed by atoms with E-state index < -0.39 is 11.7 Å². The normalized spacial score (nSPS) is 11.4. The van der Waals surface area contributed by atoms with Crippen LogP contribution in [0.2, 0.25) is 5.02 Å². The lowest BCUT2D eigenvalue weighted by Gasteiger charge is -2.11. The van der Waals surface area contributed by atoms with Crippen LogP contribution in [0, 0.1) is 5.82 Å².